The summed E-state index contributed by atoms with van der Waals surface area (Å²) >= 11 is 0. The molecule has 0 amide bonds. The highest BCUT2D eigenvalue weighted by Gasteiger charge is 2.59. The van der Waals surface area contributed by atoms with Crippen molar-refractivity contribution in [3.8, 4) is 5.75 Å². The maximum atomic E-state index is 6.81. The predicted molar refractivity (Wildman–Crippen MR) is 170 cm³/mol. The maximum absolute atomic E-state index is 6.81. The average Bonchev–Trinajstić information content (AvgIpc) is 3.74. The first-order chi connectivity index (χ1) is 20.3. The second kappa shape index (κ2) is 16.2. The number of epoxide rings is 1. The van der Waals surface area contributed by atoms with Crippen molar-refractivity contribution in [3.63, 3.8) is 0 Å². The molecule has 0 bridgehead atoms. The number of nitrogens with zero attached hydrogens (tertiary/aromatic N) is 1. The van der Waals surface area contributed by atoms with Gasteiger partial charge in [-0.05, 0) is 57.2 Å². The molecular formula is C36H61NO5. The van der Waals surface area contributed by atoms with Gasteiger partial charge in [-0.15, -0.1) is 0 Å². The van der Waals surface area contributed by atoms with Crippen molar-refractivity contribution in [1.29, 1.82) is 0 Å². The molecule has 3 aliphatic rings. The molecule has 0 N–H and O–H groups in total. The number of hydrogen-bond donors (Lipinski definition) is 0. The Morgan fingerprint density at radius 2 is 1.45 bits per heavy atom. The summed E-state index contributed by atoms with van der Waals surface area (Å²) in [5.74, 6) is 0.400. The fourth-order valence-corrected chi connectivity index (χ4v) is 7.27. The van der Waals surface area contributed by atoms with Crippen LogP contribution in [0.15, 0.2) is 24.3 Å². The number of benzene rings is 1. The summed E-state index contributed by atoms with van der Waals surface area (Å²) < 4.78 is 24.4. The van der Waals surface area contributed by atoms with E-state index in [1.807, 2.05) is 0 Å². The Kier molecular flexibility index (Phi) is 13.0. The predicted octanol–water partition coefficient (Wildman–Crippen LogP) is 8.79. The van der Waals surface area contributed by atoms with E-state index in [-0.39, 0.29) is 23.3 Å². The van der Waals surface area contributed by atoms with Crippen LogP contribution in [-0.2, 0) is 25.5 Å². The smallest absolute Gasteiger partial charge is 0.172 e. The summed E-state index contributed by atoms with van der Waals surface area (Å²) in [7, 11) is 0. The van der Waals surface area contributed by atoms with Crippen molar-refractivity contribution in [2.24, 2.45) is 0 Å². The minimum absolute atomic E-state index is 0.115. The molecule has 3 saturated heterocycles. The van der Waals surface area contributed by atoms with Crippen LogP contribution < -0.4 is 4.74 Å². The minimum atomic E-state index is -0.500. The maximum Gasteiger partial charge on any atom is 0.172 e. The molecule has 240 valence electrons. The lowest BCUT2D eigenvalue weighted by molar-refractivity contribution is -0.345. The van der Waals surface area contributed by atoms with Crippen LogP contribution >= 0.6 is 0 Å². The van der Waals surface area contributed by atoms with Crippen molar-refractivity contribution < 1.29 is 23.8 Å². The zero-order chi connectivity index (χ0) is 29.9. The van der Waals surface area contributed by atoms with Gasteiger partial charge in [0.2, 0.25) is 0 Å². The fraction of sp³-hybridized carbons (Fsp3) is 0.833. The Labute approximate surface area is 257 Å². The molecular weight excluding hydrogens is 526 g/mol. The van der Waals surface area contributed by atoms with Crippen molar-refractivity contribution in [2.45, 2.75) is 166 Å². The zero-order valence-corrected chi connectivity index (χ0v) is 27.6. The zero-order valence-electron chi connectivity index (χ0n) is 27.6. The number of hydrogen-bond acceptors (Lipinski definition) is 6. The number of rotatable bonds is 20. The fourth-order valence-electron chi connectivity index (χ4n) is 7.27. The van der Waals surface area contributed by atoms with Gasteiger partial charge in [-0.2, -0.15) is 5.06 Å². The number of unbranched alkanes of at least 4 members (excludes halogenated alkanes) is 9. The molecule has 4 rings (SSSR count). The summed E-state index contributed by atoms with van der Waals surface area (Å²) in [6.07, 6.45) is 19.8. The minimum Gasteiger partial charge on any atom is -0.491 e. The molecule has 1 spiro atoms. The number of ether oxygens (including phenoxy) is 4. The van der Waals surface area contributed by atoms with Gasteiger partial charge in [-0.3, -0.25) is 4.84 Å². The second-order valence-electron chi connectivity index (χ2n) is 13.8. The van der Waals surface area contributed by atoms with Crippen LogP contribution in [0.1, 0.15) is 136 Å². The van der Waals surface area contributed by atoms with E-state index < -0.39 is 5.79 Å². The molecule has 0 radical (unpaired) electrons. The second-order valence-corrected chi connectivity index (χ2v) is 13.8. The standard InChI is InChI=1S/C36H61NO5/c1-6-9-10-11-12-13-14-15-16-17-18-32-27-40-36(42-32)28-34(4,5)37(35(7-2,8-3)29-36)41-24-23-30-19-21-31(22-20-30)38-25-33-26-39-33/h19-22,32-33H,6-18,23-29H2,1-5H3. The third-order valence-electron chi connectivity index (χ3n) is 9.76. The van der Waals surface area contributed by atoms with E-state index >= 15 is 0 Å². The van der Waals surface area contributed by atoms with Crippen LogP contribution in [0.25, 0.3) is 0 Å². The molecule has 6 heteroatoms. The normalized spacial score (nSPS) is 26.6. The highest BCUT2D eigenvalue weighted by atomic mass is 16.7. The Hall–Kier alpha value is -1.18. The van der Waals surface area contributed by atoms with Crippen molar-refractivity contribution in [3.05, 3.63) is 29.8 Å². The molecule has 1 aromatic carbocycles. The number of hydroxylamine groups is 2. The van der Waals surface area contributed by atoms with Crippen LogP contribution in [0.3, 0.4) is 0 Å². The summed E-state index contributed by atoms with van der Waals surface area (Å²) in [5, 5.41) is 2.32. The van der Waals surface area contributed by atoms with Crippen LogP contribution in [0.4, 0.5) is 0 Å². The van der Waals surface area contributed by atoms with Gasteiger partial charge in [0.15, 0.2) is 5.79 Å². The molecule has 42 heavy (non-hydrogen) atoms. The van der Waals surface area contributed by atoms with Gasteiger partial charge in [0.05, 0.1) is 31.5 Å². The van der Waals surface area contributed by atoms with E-state index in [0.29, 0.717) is 13.2 Å². The Balaban J connectivity index is 1.21. The van der Waals surface area contributed by atoms with Gasteiger partial charge in [-0.1, -0.05) is 97.1 Å². The molecule has 0 aliphatic carbocycles. The monoisotopic (exact) mass is 587 g/mol. The van der Waals surface area contributed by atoms with E-state index in [2.05, 4.69) is 63.9 Å². The summed E-state index contributed by atoms with van der Waals surface area (Å²) in [6, 6.07) is 8.39. The summed E-state index contributed by atoms with van der Waals surface area (Å²) in [6.45, 7) is 14.3. The Bertz CT molecular complexity index is 897. The van der Waals surface area contributed by atoms with E-state index in [0.717, 1.165) is 57.5 Å². The highest BCUT2D eigenvalue weighted by molar-refractivity contribution is 5.27. The van der Waals surface area contributed by atoms with Crippen molar-refractivity contribution in [2.75, 3.05) is 26.4 Å². The lowest BCUT2D eigenvalue weighted by Crippen LogP contribution is -2.67. The van der Waals surface area contributed by atoms with Crippen molar-refractivity contribution >= 4 is 0 Å². The van der Waals surface area contributed by atoms with Crippen LogP contribution in [0, 0.1) is 0 Å². The van der Waals surface area contributed by atoms with E-state index in [1.54, 1.807) is 0 Å². The third kappa shape index (κ3) is 9.66. The largest absolute Gasteiger partial charge is 0.491 e. The summed E-state index contributed by atoms with van der Waals surface area (Å²) in [4.78, 5) is 6.66. The number of piperidine rings is 1. The van der Waals surface area contributed by atoms with Gasteiger partial charge in [0.25, 0.3) is 0 Å². The van der Waals surface area contributed by atoms with Gasteiger partial charge in [0, 0.05) is 18.4 Å². The lowest BCUT2D eigenvalue weighted by Gasteiger charge is -2.58. The first-order valence-corrected chi connectivity index (χ1v) is 17.4. The molecule has 1 aromatic rings. The molecule has 0 aromatic heterocycles. The average molecular weight is 588 g/mol. The first kappa shape index (κ1) is 33.7. The topological polar surface area (TPSA) is 52.7 Å². The third-order valence-corrected chi connectivity index (χ3v) is 9.76. The highest BCUT2D eigenvalue weighted by Crippen LogP contribution is 2.51. The molecule has 3 atom stereocenters. The molecule has 6 nitrogen and oxygen atoms in total. The quantitative estimate of drug-likeness (QED) is 0.112. The van der Waals surface area contributed by atoms with E-state index in [4.69, 9.17) is 23.8 Å². The molecule has 3 aliphatic heterocycles. The molecule has 3 heterocycles. The molecule has 3 unspecified atom stereocenters. The van der Waals surface area contributed by atoms with Gasteiger partial charge >= 0.3 is 0 Å². The Morgan fingerprint density at radius 3 is 2.07 bits per heavy atom. The summed E-state index contributed by atoms with van der Waals surface area (Å²) in [5.41, 5.74) is 0.946. The molecule has 3 fully saturated rings. The van der Waals surface area contributed by atoms with Gasteiger partial charge in [-0.25, -0.2) is 0 Å². The van der Waals surface area contributed by atoms with Crippen molar-refractivity contribution in [1.82, 2.24) is 5.06 Å². The SMILES string of the molecule is CCCCCCCCCCCCC1COC2(CC(C)(C)N(OCCc3ccc(OCC4CO4)cc3)C(CC)(CC)C2)O1. The first-order valence-electron chi connectivity index (χ1n) is 17.4. The molecule has 0 saturated carbocycles. The van der Waals surface area contributed by atoms with E-state index in [9.17, 15) is 0 Å². The van der Waals surface area contributed by atoms with E-state index in [1.165, 1.54) is 69.8 Å². The Morgan fingerprint density at radius 1 is 0.810 bits per heavy atom. The van der Waals surface area contributed by atoms with Gasteiger partial charge in [0.1, 0.15) is 18.5 Å². The van der Waals surface area contributed by atoms with Crippen LogP contribution in [-0.4, -0.2) is 60.6 Å². The van der Waals surface area contributed by atoms with Crippen LogP contribution in [0.2, 0.25) is 0 Å². The lowest BCUT2D eigenvalue weighted by atomic mass is 9.73. The van der Waals surface area contributed by atoms with Crippen LogP contribution in [0.5, 0.6) is 5.75 Å². The van der Waals surface area contributed by atoms with Gasteiger partial charge < -0.3 is 18.9 Å².